The maximum atomic E-state index is 10.9. The van der Waals surface area contributed by atoms with Crippen molar-refractivity contribution in [3.8, 4) is 11.3 Å². The molecule has 16 heavy (non-hydrogen) atoms. The van der Waals surface area contributed by atoms with Gasteiger partial charge in [-0.3, -0.25) is 9.78 Å². The largest absolute Gasteiger partial charge is 0.296 e. The van der Waals surface area contributed by atoms with E-state index < -0.39 is 0 Å². The average Bonchev–Trinajstić information content (AvgIpc) is 2.30. The van der Waals surface area contributed by atoms with Crippen LogP contribution in [-0.4, -0.2) is 16.3 Å². The lowest BCUT2D eigenvalue weighted by Gasteiger charge is -2.04. The molecule has 3 nitrogen and oxygen atoms in total. The molecule has 2 aromatic rings. The molecular formula is C13H12N2O. The van der Waals surface area contributed by atoms with Crippen LogP contribution in [0.1, 0.15) is 21.7 Å². The van der Waals surface area contributed by atoms with Crippen LogP contribution in [0.2, 0.25) is 0 Å². The molecule has 0 spiro atoms. The van der Waals surface area contributed by atoms with Gasteiger partial charge in [-0.25, -0.2) is 4.98 Å². The number of rotatable bonds is 2. The van der Waals surface area contributed by atoms with Gasteiger partial charge in [0.1, 0.15) is 5.69 Å². The minimum Gasteiger partial charge on any atom is -0.296 e. The molecule has 0 unspecified atom stereocenters. The van der Waals surface area contributed by atoms with E-state index in [1.165, 1.54) is 0 Å². The van der Waals surface area contributed by atoms with Gasteiger partial charge in [-0.2, -0.15) is 0 Å². The van der Waals surface area contributed by atoms with Crippen LogP contribution in [-0.2, 0) is 0 Å². The Morgan fingerprint density at radius 2 is 1.94 bits per heavy atom. The second kappa shape index (κ2) is 4.23. The first-order valence-electron chi connectivity index (χ1n) is 5.06. The number of aldehydes is 1. The molecule has 2 aromatic heterocycles. The topological polar surface area (TPSA) is 42.9 Å². The van der Waals surface area contributed by atoms with Gasteiger partial charge in [-0.05, 0) is 37.6 Å². The second-order valence-corrected chi connectivity index (χ2v) is 3.72. The molecule has 0 saturated heterocycles. The molecule has 0 aromatic carbocycles. The zero-order valence-electron chi connectivity index (χ0n) is 9.27. The van der Waals surface area contributed by atoms with Crippen LogP contribution in [0, 0.1) is 13.8 Å². The van der Waals surface area contributed by atoms with E-state index in [-0.39, 0.29) is 0 Å². The Morgan fingerprint density at radius 1 is 1.12 bits per heavy atom. The van der Waals surface area contributed by atoms with Crippen molar-refractivity contribution >= 4 is 6.29 Å². The molecule has 0 aliphatic heterocycles. The summed E-state index contributed by atoms with van der Waals surface area (Å²) in [5, 5.41) is 0. The maximum Gasteiger partial charge on any atom is 0.169 e. The standard InChI is InChI=1S/C13H12N2O/c1-9-3-6-12(14-7-9)11-5-4-10(2)15-13(11)8-16/h3-8H,1-2H3. The van der Waals surface area contributed by atoms with Gasteiger partial charge in [-0.15, -0.1) is 0 Å². The van der Waals surface area contributed by atoms with E-state index in [4.69, 9.17) is 0 Å². The molecule has 2 rings (SSSR count). The molecule has 0 N–H and O–H groups in total. The Balaban J connectivity index is 2.55. The Kier molecular flexibility index (Phi) is 2.77. The maximum absolute atomic E-state index is 10.9. The monoisotopic (exact) mass is 212 g/mol. The normalized spacial score (nSPS) is 10.1. The van der Waals surface area contributed by atoms with Crippen LogP contribution in [0.15, 0.2) is 30.5 Å². The van der Waals surface area contributed by atoms with Gasteiger partial charge in [0.05, 0.1) is 5.69 Å². The Labute approximate surface area is 94.2 Å². The molecule has 0 aliphatic rings. The second-order valence-electron chi connectivity index (χ2n) is 3.72. The zero-order valence-corrected chi connectivity index (χ0v) is 9.27. The van der Waals surface area contributed by atoms with E-state index in [0.29, 0.717) is 5.69 Å². The number of nitrogens with zero attached hydrogens (tertiary/aromatic N) is 2. The van der Waals surface area contributed by atoms with Crippen LogP contribution >= 0.6 is 0 Å². The number of aryl methyl sites for hydroxylation is 2. The van der Waals surface area contributed by atoms with E-state index >= 15 is 0 Å². The highest BCUT2D eigenvalue weighted by Gasteiger charge is 2.06. The molecule has 0 aliphatic carbocycles. The smallest absolute Gasteiger partial charge is 0.169 e. The predicted octanol–water partition coefficient (Wildman–Crippen LogP) is 2.57. The highest BCUT2D eigenvalue weighted by Crippen LogP contribution is 2.19. The predicted molar refractivity (Wildman–Crippen MR) is 62.3 cm³/mol. The number of carbonyl (C=O) groups excluding carboxylic acids is 1. The van der Waals surface area contributed by atoms with E-state index in [2.05, 4.69) is 9.97 Å². The minimum atomic E-state index is 0.441. The fourth-order valence-corrected chi connectivity index (χ4v) is 1.51. The highest BCUT2D eigenvalue weighted by atomic mass is 16.1. The summed E-state index contributed by atoms with van der Waals surface area (Å²) in [6, 6.07) is 7.62. The third kappa shape index (κ3) is 1.98. The van der Waals surface area contributed by atoms with E-state index in [0.717, 1.165) is 28.8 Å². The van der Waals surface area contributed by atoms with Gasteiger partial charge in [0.15, 0.2) is 6.29 Å². The van der Waals surface area contributed by atoms with Gasteiger partial charge in [0, 0.05) is 17.5 Å². The molecule has 0 bridgehead atoms. The fourth-order valence-electron chi connectivity index (χ4n) is 1.51. The van der Waals surface area contributed by atoms with Crippen LogP contribution in [0.3, 0.4) is 0 Å². The van der Waals surface area contributed by atoms with Crippen molar-refractivity contribution in [2.75, 3.05) is 0 Å². The number of pyridine rings is 2. The van der Waals surface area contributed by atoms with Crippen molar-refractivity contribution < 1.29 is 4.79 Å². The summed E-state index contributed by atoms with van der Waals surface area (Å²) in [5.74, 6) is 0. The first-order valence-corrected chi connectivity index (χ1v) is 5.06. The first kappa shape index (κ1) is 10.5. The van der Waals surface area contributed by atoms with Gasteiger partial charge in [0.25, 0.3) is 0 Å². The molecule has 0 radical (unpaired) electrons. The zero-order chi connectivity index (χ0) is 11.5. The van der Waals surface area contributed by atoms with Crippen LogP contribution in [0.4, 0.5) is 0 Å². The van der Waals surface area contributed by atoms with Gasteiger partial charge in [-0.1, -0.05) is 6.07 Å². The lowest BCUT2D eigenvalue weighted by molar-refractivity contribution is 0.111. The average molecular weight is 212 g/mol. The number of hydrogen-bond donors (Lipinski definition) is 0. The molecule has 2 heterocycles. The summed E-state index contributed by atoms with van der Waals surface area (Å²) >= 11 is 0. The van der Waals surface area contributed by atoms with E-state index in [1.54, 1.807) is 6.20 Å². The Bertz CT molecular complexity index is 518. The van der Waals surface area contributed by atoms with Crippen molar-refractivity contribution in [1.82, 2.24) is 9.97 Å². The SMILES string of the molecule is Cc1ccc(-c2ccc(C)nc2C=O)nc1. The van der Waals surface area contributed by atoms with Crippen molar-refractivity contribution in [2.45, 2.75) is 13.8 Å². The molecule has 0 saturated carbocycles. The summed E-state index contributed by atoms with van der Waals surface area (Å²) in [6.45, 7) is 3.84. The summed E-state index contributed by atoms with van der Waals surface area (Å²) < 4.78 is 0. The van der Waals surface area contributed by atoms with Crippen LogP contribution in [0.5, 0.6) is 0 Å². The van der Waals surface area contributed by atoms with Crippen molar-refractivity contribution in [3.05, 3.63) is 47.4 Å². The Morgan fingerprint density at radius 3 is 2.56 bits per heavy atom. The first-order chi connectivity index (χ1) is 7.70. The minimum absolute atomic E-state index is 0.441. The summed E-state index contributed by atoms with van der Waals surface area (Å²) in [5.41, 5.74) is 3.92. The Hall–Kier alpha value is -2.03. The fraction of sp³-hybridized carbons (Fsp3) is 0.154. The summed E-state index contributed by atoms with van der Waals surface area (Å²) in [4.78, 5) is 19.4. The number of aromatic nitrogens is 2. The van der Waals surface area contributed by atoms with Crippen molar-refractivity contribution in [1.29, 1.82) is 0 Å². The van der Waals surface area contributed by atoms with Gasteiger partial charge in [0.2, 0.25) is 0 Å². The van der Waals surface area contributed by atoms with Crippen molar-refractivity contribution in [2.24, 2.45) is 0 Å². The molecule has 80 valence electrons. The molecule has 0 atom stereocenters. The quantitative estimate of drug-likeness (QED) is 0.718. The van der Waals surface area contributed by atoms with Crippen LogP contribution in [0.25, 0.3) is 11.3 Å². The van der Waals surface area contributed by atoms with Gasteiger partial charge >= 0.3 is 0 Å². The molecular weight excluding hydrogens is 200 g/mol. The number of carbonyl (C=O) groups is 1. The molecule has 0 amide bonds. The third-order valence-corrected chi connectivity index (χ3v) is 2.36. The van der Waals surface area contributed by atoms with E-state index in [9.17, 15) is 4.79 Å². The van der Waals surface area contributed by atoms with E-state index in [1.807, 2.05) is 38.1 Å². The van der Waals surface area contributed by atoms with Crippen LogP contribution < -0.4 is 0 Å². The lowest BCUT2D eigenvalue weighted by Crippen LogP contribution is -1.95. The third-order valence-electron chi connectivity index (χ3n) is 2.36. The molecule has 3 heteroatoms. The number of hydrogen-bond acceptors (Lipinski definition) is 3. The lowest BCUT2D eigenvalue weighted by atomic mass is 10.1. The summed E-state index contributed by atoms with van der Waals surface area (Å²) in [7, 11) is 0. The summed E-state index contributed by atoms with van der Waals surface area (Å²) in [6.07, 6.45) is 2.55. The van der Waals surface area contributed by atoms with Crippen molar-refractivity contribution in [3.63, 3.8) is 0 Å². The van der Waals surface area contributed by atoms with Gasteiger partial charge < -0.3 is 0 Å². The highest BCUT2D eigenvalue weighted by molar-refractivity contribution is 5.84. The molecule has 0 fully saturated rings.